The molecule has 0 fully saturated rings. The second-order valence-corrected chi connectivity index (χ2v) is 7.10. The van der Waals surface area contributed by atoms with Gasteiger partial charge < -0.3 is 5.11 Å². The van der Waals surface area contributed by atoms with E-state index in [9.17, 15) is 8.42 Å². The van der Waals surface area contributed by atoms with Crippen LogP contribution < -0.4 is 4.72 Å². The first-order chi connectivity index (χ1) is 7.65. The first-order valence-electron chi connectivity index (χ1n) is 5.13. The molecule has 0 radical (unpaired) electrons. The molecule has 17 heavy (non-hydrogen) atoms. The number of aliphatic hydroxyl groups is 1. The minimum Gasteiger partial charge on any atom is -0.390 e. The lowest BCUT2D eigenvalue weighted by Gasteiger charge is -2.20. The van der Waals surface area contributed by atoms with Crippen LogP contribution in [0.2, 0.25) is 0 Å². The number of aromatic nitrogens is 2. The van der Waals surface area contributed by atoms with Crippen LogP contribution in [0.4, 0.5) is 5.82 Å². The SMILES string of the molecule is Cc1nc(CO)cc(NS(=O)(=O)C(C)(C)C)n1. The fraction of sp³-hybridized carbons (Fsp3) is 0.600. The smallest absolute Gasteiger partial charge is 0.238 e. The molecule has 0 atom stereocenters. The number of hydrogen-bond donors (Lipinski definition) is 2. The van der Waals surface area contributed by atoms with Crippen molar-refractivity contribution < 1.29 is 13.5 Å². The number of aryl methyl sites for hydroxylation is 1. The number of nitrogens with zero attached hydrogens (tertiary/aromatic N) is 2. The molecule has 0 aliphatic heterocycles. The monoisotopic (exact) mass is 259 g/mol. The van der Waals surface area contributed by atoms with Gasteiger partial charge >= 0.3 is 0 Å². The van der Waals surface area contributed by atoms with Crippen molar-refractivity contribution in [3.63, 3.8) is 0 Å². The molecule has 1 aromatic rings. The third-order valence-corrected chi connectivity index (χ3v) is 4.19. The lowest BCUT2D eigenvalue weighted by molar-refractivity contribution is 0.276. The molecule has 2 N–H and O–H groups in total. The van der Waals surface area contributed by atoms with Crippen molar-refractivity contribution in [2.75, 3.05) is 4.72 Å². The van der Waals surface area contributed by atoms with Gasteiger partial charge in [-0.2, -0.15) is 0 Å². The summed E-state index contributed by atoms with van der Waals surface area (Å²) in [4.78, 5) is 7.92. The minimum atomic E-state index is -3.51. The van der Waals surface area contributed by atoms with Gasteiger partial charge in [-0.1, -0.05) is 0 Å². The predicted molar refractivity (Wildman–Crippen MR) is 65.0 cm³/mol. The predicted octanol–water partition coefficient (Wildman–Crippen LogP) is 0.818. The second kappa shape index (κ2) is 4.58. The maximum absolute atomic E-state index is 11.9. The molecular weight excluding hydrogens is 242 g/mol. The van der Waals surface area contributed by atoms with Crippen LogP contribution in [0.3, 0.4) is 0 Å². The minimum absolute atomic E-state index is 0.177. The number of anilines is 1. The van der Waals surface area contributed by atoms with Gasteiger partial charge in [-0.3, -0.25) is 4.72 Å². The highest BCUT2D eigenvalue weighted by molar-refractivity contribution is 7.94. The maximum Gasteiger partial charge on any atom is 0.238 e. The van der Waals surface area contributed by atoms with Crippen molar-refractivity contribution in [2.24, 2.45) is 0 Å². The largest absolute Gasteiger partial charge is 0.390 e. The lowest BCUT2D eigenvalue weighted by Crippen LogP contribution is -2.34. The summed E-state index contributed by atoms with van der Waals surface area (Å²) < 4.78 is 25.3. The van der Waals surface area contributed by atoms with Crippen LogP contribution >= 0.6 is 0 Å². The fourth-order valence-electron chi connectivity index (χ4n) is 1.05. The Morgan fingerprint density at radius 1 is 1.35 bits per heavy atom. The van der Waals surface area contributed by atoms with Crippen LogP contribution in [0.25, 0.3) is 0 Å². The van der Waals surface area contributed by atoms with Gasteiger partial charge in [0.1, 0.15) is 11.6 Å². The zero-order valence-electron chi connectivity index (χ0n) is 10.4. The van der Waals surface area contributed by atoms with Crippen LogP contribution in [0.15, 0.2) is 6.07 Å². The summed E-state index contributed by atoms with van der Waals surface area (Å²) in [5.41, 5.74) is 0.379. The summed E-state index contributed by atoms with van der Waals surface area (Å²) in [5, 5.41) is 8.98. The number of aliphatic hydroxyl groups excluding tert-OH is 1. The van der Waals surface area contributed by atoms with Gasteiger partial charge in [-0.15, -0.1) is 0 Å². The third kappa shape index (κ3) is 3.37. The second-order valence-electron chi connectivity index (χ2n) is 4.67. The summed E-state index contributed by atoms with van der Waals surface area (Å²) in [6.07, 6.45) is 0. The molecule has 0 aliphatic rings. The van der Waals surface area contributed by atoms with Crippen LogP contribution in [-0.2, 0) is 16.6 Å². The first-order valence-corrected chi connectivity index (χ1v) is 6.62. The van der Waals surface area contributed by atoms with E-state index in [1.807, 2.05) is 0 Å². The molecule has 1 aromatic heterocycles. The van der Waals surface area contributed by atoms with E-state index in [1.54, 1.807) is 27.7 Å². The molecule has 0 bridgehead atoms. The van der Waals surface area contributed by atoms with Gasteiger partial charge in [0, 0.05) is 6.07 Å². The highest BCUT2D eigenvalue weighted by Crippen LogP contribution is 2.18. The Morgan fingerprint density at radius 3 is 2.41 bits per heavy atom. The molecule has 1 heterocycles. The number of hydrogen-bond acceptors (Lipinski definition) is 5. The molecular formula is C10H17N3O3S. The van der Waals surface area contributed by atoms with Crippen molar-refractivity contribution in [3.05, 3.63) is 17.6 Å². The van der Waals surface area contributed by atoms with Gasteiger partial charge in [0.2, 0.25) is 10.0 Å². The van der Waals surface area contributed by atoms with E-state index in [1.165, 1.54) is 6.07 Å². The maximum atomic E-state index is 11.9. The average molecular weight is 259 g/mol. The average Bonchev–Trinajstić information content (AvgIpc) is 2.14. The van der Waals surface area contributed by atoms with Gasteiger partial charge in [-0.25, -0.2) is 18.4 Å². The van der Waals surface area contributed by atoms with E-state index < -0.39 is 14.8 Å². The highest BCUT2D eigenvalue weighted by Gasteiger charge is 2.29. The van der Waals surface area contributed by atoms with Crippen molar-refractivity contribution >= 4 is 15.8 Å². The van der Waals surface area contributed by atoms with Gasteiger partial charge in [0.15, 0.2) is 0 Å². The Hall–Kier alpha value is -1.21. The Morgan fingerprint density at radius 2 is 1.94 bits per heavy atom. The van der Waals surface area contributed by atoms with E-state index in [-0.39, 0.29) is 12.4 Å². The van der Waals surface area contributed by atoms with Crippen molar-refractivity contribution in [3.8, 4) is 0 Å². The molecule has 96 valence electrons. The zero-order chi connectivity index (χ0) is 13.3. The molecule has 6 nitrogen and oxygen atoms in total. The number of sulfonamides is 1. The third-order valence-electron chi connectivity index (χ3n) is 2.10. The topological polar surface area (TPSA) is 92.2 Å². The number of rotatable bonds is 3. The summed E-state index contributed by atoms with van der Waals surface area (Å²) in [6.45, 7) is 6.16. The van der Waals surface area contributed by atoms with E-state index >= 15 is 0 Å². The van der Waals surface area contributed by atoms with Crippen LogP contribution in [-0.4, -0.2) is 28.2 Å². The molecule has 0 saturated carbocycles. The summed E-state index contributed by atoms with van der Waals surface area (Å²) >= 11 is 0. The van der Waals surface area contributed by atoms with Crippen molar-refractivity contribution in [2.45, 2.75) is 39.0 Å². The number of nitrogens with one attached hydrogen (secondary N) is 1. The first kappa shape index (κ1) is 13.9. The van der Waals surface area contributed by atoms with E-state index in [0.717, 1.165) is 0 Å². The van der Waals surface area contributed by atoms with Crippen molar-refractivity contribution in [1.29, 1.82) is 0 Å². The normalized spacial score (nSPS) is 12.5. The zero-order valence-corrected chi connectivity index (χ0v) is 11.2. The summed E-state index contributed by atoms with van der Waals surface area (Å²) in [7, 11) is -3.51. The molecule has 0 unspecified atom stereocenters. The lowest BCUT2D eigenvalue weighted by atomic mass is 10.3. The highest BCUT2D eigenvalue weighted by atomic mass is 32.2. The Kier molecular flexibility index (Phi) is 3.73. The molecule has 0 aromatic carbocycles. The van der Waals surface area contributed by atoms with Gasteiger partial charge in [0.05, 0.1) is 17.0 Å². The summed E-state index contributed by atoms with van der Waals surface area (Å²) in [5.74, 6) is 0.583. The molecule has 0 spiro atoms. The molecule has 1 rings (SSSR count). The fourth-order valence-corrected chi connectivity index (χ4v) is 1.74. The Balaban J connectivity index is 3.08. The Labute approximate surface area is 101 Å². The molecule has 7 heteroatoms. The van der Waals surface area contributed by atoms with E-state index in [2.05, 4.69) is 14.7 Å². The van der Waals surface area contributed by atoms with Crippen LogP contribution in [0.1, 0.15) is 32.3 Å². The van der Waals surface area contributed by atoms with E-state index in [0.29, 0.717) is 11.5 Å². The Bertz CT molecular complexity index is 506. The molecule has 0 saturated heterocycles. The molecule has 0 aliphatic carbocycles. The van der Waals surface area contributed by atoms with Gasteiger partial charge in [0.25, 0.3) is 0 Å². The summed E-state index contributed by atoms with van der Waals surface area (Å²) in [6, 6.07) is 1.41. The standard InChI is InChI=1S/C10H17N3O3S/c1-7-11-8(6-14)5-9(12-7)13-17(15,16)10(2,3)4/h5,14H,6H2,1-4H3,(H,11,12,13). The van der Waals surface area contributed by atoms with Crippen molar-refractivity contribution in [1.82, 2.24) is 9.97 Å². The van der Waals surface area contributed by atoms with E-state index in [4.69, 9.17) is 5.11 Å². The van der Waals surface area contributed by atoms with Crippen LogP contribution in [0, 0.1) is 6.92 Å². The van der Waals surface area contributed by atoms with Gasteiger partial charge in [-0.05, 0) is 27.7 Å². The molecule has 0 amide bonds. The van der Waals surface area contributed by atoms with Crippen LogP contribution in [0.5, 0.6) is 0 Å². The quantitative estimate of drug-likeness (QED) is 0.838.